The van der Waals surface area contributed by atoms with Crippen LogP contribution in [-0.4, -0.2) is 9.97 Å². The molecule has 0 fully saturated rings. The number of hydrogen-bond donors (Lipinski definition) is 0. The third-order valence-corrected chi connectivity index (χ3v) is 13.6. The Bertz CT molecular complexity index is 3330. The summed E-state index contributed by atoms with van der Waals surface area (Å²) in [6.45, 7) is 4.70. The monoisotopic (exact) mass is 790 g/mol. The smallest absolute Gasteiger partial charge is 0.160 e. The molecular weight excluding hydrogens is 749 g/mol. The van der Waals surface area contributed by atoms with Gasteiger partial charge in [-0.15, -0.1) is 0 Å². The number of benzene rings is 9. The van der Waals surface area contributed by atoms with Crippen LogP contribution in [0.1, 0.15) is 47.2 Å². The first-order valence-electron chi connectivity index (χ1n) is 21.6. The van der Waals surface area contributed by atoms with Crippen molar-refractivity contribution < 1.29 is 0 Å². The predicted molar refractivity (Wildman–Crippen MR) is 256 cm³/mol. The van der Waals surface area contributed by atoms with E-state index in [0.29, 0.717) is 5.82 Å². The van der Waals surface area contributed by atoms with Crippen molar-refractivity contribution in [3.05, 3.63) is 252 Å². The van der Waals surface area contributed by atoms with Crippen molar-refractivity contribution in [1.82, 2.24) is 9.97 Å². The summed E-state index contributed by atoms with van der Waals surface area (Å²) in [7, 11) is 0. The highest BCUT2D eigenvalue weighted by Crippen LogP contribution is 2.57. The number of nitrogens with zero attached hydrogens (tertiary/aromatic N) is 2. The summed E-state index contributed by atoms with van der Waals surface area (Å²) in [4.78, 5) is 10.7. The summed E-state index contributed by atoms with van der Waals surface area (Å²) in [5.41, 5.74) is 19.8. The van der Waals surface area contributed by atoms with Crippen molar-refractivity contribution >= 4 is 10.8 Å². The van der Waals surface area contributed by atoms with E-state index < -0.39 is 5.41 Å². The predicted octanol–water partition coefficient (Wildman–Crippen LogP) is 15.0. The zero-order chi connectivity index (χ0) is 41.4. The first-order valence-corrected chi connectivity index (χ1v) is 21.6. The summed E-state index contributed by atoms with van der Waals surface area (Å²) >= 11 is 0. The quantitative estimate of drug-likeness (QED) is 0.168. The fourth-order valence-electron chi connectivity index (χ4n) is 10.8. The van der Waals surface area contributed by atoms with Crippen molar-refractivity contribution in [1.29, 1.82) is 0 Å². The van der Waals surface area contributed by atoms with E-state index >= 15 is 0 Å². The van der Waals surface area contributed by atoms with Gasteiger partial charge in [0.25, 0.3) is 0 Å². The van der Waals surface area contributed by atoms with E-state index in [1.807, 2.05) is 6.07 Å². The lowest BCUT2D eigenvalue weighted by atomic mass is 9.67. The first kappa shape index (κ1) is 36.2. The van der Waals surface area contributed by atoms with Crippen LogP contribution in [-0.2, 0) is 10.8 Å². The molecule has 0 amide bonds. The van der Waals surface area contributed by atoms with Gasteiger partial charge >= 0.3 is 0 Å². The van der Waals surface area contributed by atoms with Crippen LogP contribution in [0.4, 0.5) is 0 Å². The molecule has 0 unspecified atom stereocenters. The Kier molecular flexibility index (Phi) is 8.14. The third kappa shape index (κ3) is 5.29. The Balaban J connectivity index is 1.06. The Hall–Kier alpha value is -7.68. The molecule has 62 heavy (non-hydrogen) atoms. The van der Waals surface area contributed by atoms with E-state index in [1.54, 1.807) is 0 Å². The number of hydrogen-bond acceptors (Lipinski definition) is 2. The van der Waals surface area contributed by atoms with Gasteiger partial charge in [0.1, 0.15) is 0 Å². The van der Waals surface area contributed by atoms with Gasteiger partial charge in [0.2, 0.25) is 0 Å². The van der Waals surface area contributed by atoms with Crippen LogP contribution in [0.3, 0.4) is 0 Å². The molecule has 1 heterocycles. The van der Waals surface area contributed by atoms with Gasteiger partial charge in [-0.25, -0.2) is 9.97 Å². The van der Waals surface area contributed by atoms with E-state index in [-0.39, 0.29) is 5.41 Å². The third-order valence-electron chi connectivity index (χ3n) is 13.6. The highest BCUT2D eigenvalue weighted by molar-refractivity contribution is 6.08. The van der Waals surface area contributed by atoms with Crippen molar-refractivity contribution in [2.24, 2.45) is 0 Å². The average Bonchev–Trinajstić information content (AvgIpc) is 3.77. The highest BCUT2D eigenvalue weighted by Gasteiger charge is 2.46. The second kappa shape index (κ2) is 13.9. The van der Waals surface area contributed by atoms with E-state index in [4.69, 9.17) is 9.97 Å². The summed E-state index contributed by atoms with van der Waals surface area (Å²) in [6.07, 6.45) is 0. The van der Waals surface area contributed by atoms with E-state index in [2.05, 4.69) is 226 Å². The summed E-state index contributed by atoms with van der Waals surface area (Å²) < 4.78 is 0. The molecule has 0 N–H and O–H groups in total. The standard InChI is InChI=1S/C60H42N2/c1-59(2)51-30-16-15-28-49(51)57-48(29-18-32-54(57)59)45-34-35-47(44-26-13-12-25-43(44)45)56-38-55(61-58(62-56)39-19-6-3-7-20-39)40-33-36-53-50(37-40)46-27-14-17-31-52(46)60(53,41-21-8-4-9-22-41)42-23-10-5-11-24-42/h3-38H,1-2H3. The molecule has 1 aromatic heterocycles. The molecule has 0 saturated carbocycles. The molecule has 0 aliphatic heterocycles. The Morgan fingerprint density at radius 1 is 0.323 bits per heavy atom. The second-order valence-corrected chi connectivity index (χ2v) is 17.2. The molecule has 0 saturated heterocycles. The SMILES string of the molecule is CC1(C)c2ccccc2-c2c(-c3ccc(-c4cc(-c5ccc6c(c5)-c5ccccc5C6(c5ccccc5)c5ccccc5)nc(-c5ccccc5)n4)c4ccccc34)cccc21. The van der Waals surface area contributed by atoms with E-state index in [9.17, 15) is 0 Å². The lowest BCUT2D eigenvalue weighted by molar-refractivity contribution is 0.660. The largest absolute Gasteiger partial charge is 0.228 e. The van der Waals surface area contributed by atoms with Crippen LogP contribution < -0.4 is 0 Å². The van der Waals surface area contributed by atoms with Crippen LogP contribution in [0.2, 0.25) is 0 Å². The van der Waals surface area contributed by atoms with E-state index in [0.717, 1.165) is 33.5 Å². The molecule has 0 bridgehead atoms. The van der Waals surface area contributed by atoms with Gasteiger partial charge in [0.15, 0.2) is 5.82 Å². The van der Waals surface area contributed by atoms with Gasteiger partial charge in [-0.3, -0.25) is 0 Å². The zero-order valence-electron chi connectivity index (χ0n) is 34.7. The van der Waals surface area contributed by atoms with E-state index in [1.165, 1.54) is 72.1 Å². The van der Waals surface area contributed by atoms with Crippen LogP contribution in [0.25, 0.3) is 78.1 Å². The van der Waals surface area contributed by atoms with Gasteiger partial charge in [-0.2, -0.15) is 0 Å². The lowest BCUT2D eigenvalue weighted by Gasteiger charge is -2.33. The number of rotatable bonds is 6. The molecular formula is C60H42N2. The zero-order valence-corrected chi connectivity index (χ0v) is 34.7. The average molecular weight is 791 g/mol. The Labute approximate surface area is 362 Å². The minimum Gasteiger partial charge on any atom is -0.228 e. The minimum absolute atomic E-state index is 0.0763. The maximum absolute atomic E-state index is 5.36. The molecule has 12 rings (SSSR count). The second-order valence-electron chi connectivity index (χ2n) is 17.2. The summed E-state index contributed by atoms with van der Waals surface area (Å²) in [6, 6.07) is 79.6. The first-order chi connectivity index (χ1) is 30.5. The molecule has 0 atom stereocenters. The molecule has 0 radical (unpaired) electrons. The fraction of sp³-hybridized carbons (Fsp3) is 0.0667. The number of aromatic nitrogens is 2. The molecule has 2 heteroatoms. The Morgan fingerprint density at radius 3 is 1.58 bits per heavy atom. The lowest BCUT2D eigenvalue weighted by Crippen LogP contribution is -2.28. The topological polar surface area (TPSA) is 25.8 Å². The molecule has 0 spiro atoms. The van der Waals surface area contributed by atoms with Gasteiger partial charge in [0.05, 0.1) is 16.8 Å². The van der Waals surface area contributed by atoms with Crippen LogP contribution >= 0.6 is 0 Å². The minimum atomic E-state index is -0.462. The number of fused-ring (bicyclic) bond motifs is 7. The Morgan fingerprint density at radius 2 is 0.855 bits per heavy atom. The van der Waals surface area contributed by atoms with Gasteiger partial charge in [-0.05, 0) is 89.7 Å². The van der Waals surface area contributed by atoms with Crippen molar-refractivity contribution in [3.63, 3.8) is 0 Å². The van der Waals surface area contributed by atoms with Crippen LogP contribution in [0.15, 0.2) is 218 Å². The summed E-state index contributed by atoms with van der Waals surface area (Å²) in [5.74, 6) is 0.704. The van der Waals surface area contributed by atoms with Crippen molar-refractivity contribution in [2.45, 2.75) is 24.7 Å². The summed E-state index contributed by atoms with van der Waals surface area (Å²) in [5, 5.41) is 2.37. The van der Waals surface area contributed by atoms with Gasteiger partial charge in [-0.1, -0.05) is 220 Å². The maximum Gasteiger partial charge on any atom is 0.160 e. The molecule has 2 aliphatic carbocycles. The van der Waals surface area contributed by atoms with Gasteiger partial charge in [0, 0.05) is 22.1 Å². The normalized spacial score (nSPS) is 13.9. The van der Waals surface area contributed by atoms with Crippen LogP contribution in [0.5, 0.6) is 0 Å². The molecule has 10 aromatic rings. The van der Waals surface area contributed by atoms with Crippen LogP contribution in [0, 0.1) is 0 Å². The highest BCUT2D eigenvalue weighted by atomic mass is 14.9. The molecule has 2 aliphatic rings. The van der Waals surface area contributed by atoms with Crippen molar-refractivity contribution in [3.8, 4) is 67.3 Å². The molecule has 292 valence electrons. The molecule has 2 nitrogen and oxygen atoms in total. The maximum atomic E-state index is 5.36. The molecule has 9 aromatic carbocycles. The van der Waals surface area contributed by atoms with Crippen molar-refractivity contribution in [2.75, 3.05) is 0 Å². The fourth-order valence-corrected chi connectivity index (χ4v) is 10.8. The van der Waals surface area contributed by atoms with Gasteiger partial charge < -0.3 is 0 Å².